The molecule has 2 aliphatic heterocycles. The van der Waals surface area contributed by atoms with Crippen LogP contribution in [0.4, 0.5) is 4.79 Å². The van der Waals surface area contributed by atoms with Crippen molar-refractivity contribution in [2.45, 2.75) is 26.5 Å². The number of carbonyl (C=O) groups excluding carboxylic acids is 2. The maximum atomic E-state index is 12.9. The summed E-state index contributed by atoms with van der Waals surface area (Å²) in [5.74, 6) is 1.09. The molecule has 0 radical (unpaired) electrons. The van der Waals surface area contributed by atoms with E-state index in [0.717, 1.165) is 16.9 Å². The van der Waals surface area contributed by atoms with E-state index in [9.17, 15) is 9.59 Å². The third-order valence-electron chi connectivity index (χ3n) is 5.07. The van der Waals surface area contributed by atoms with Crippen LogP contribution in [0.2, 0.25) is 0 Å². The Morgan fingerprint density at radius 2 is 1.79 bits per heavy atom. The maximum absolute atomic E-state index is 12.9. The highest BCUT2D eigenvalue weighted by Gasteiger charge is 2.40. The summed E-state index contributed by atoms with van der Waals surface area (Å²) in [4.78, 5) is 26.9. The predicted molar refractivity (Wildman–Crippen MR) is 110 cm³/mol. The van der Waals surface area contributed by atoms with E-state index in [0.29, 0.717) is 36.9 Å². The number of ether oxygens (including phenoxy) is 1. The van der Waals surface area contributed by atoms with Crippen LogP contribution in [0.15, 0.2) is 65.9 Å². The molecule has 2 aromatic rings. The van der Waals surface area contributed by atoms with Crippen LogP contribution in [-0.2, 0) is 11.4 Å². The van der Waals surface area contributed by atoms with Crippen LogP contribution in [0.1, 0.15) is 31.0 Å². The van der Waals surface area contributed by atoms with Crippen molar-refractivity contribution in [3.05, 3.63) is 77.0 Å². The molecule has 0 aromatic heterocycles. The highest BCUT2D eigenvalue weighted by atomic mass is 16.5. The first-order chi connectivity index (χ1) is 14.0. The minimum atomic E-state index is -0.452. The molecule has 2 aromatic carbocycles. The number of nitrogens with one attached hydrogen (secondary N) is 2. The van der Waals surface area contributed by atoms with Crippen molar-refractivity contribution in [1.82, 2.24) is 15.5 Å². The zero-order valence-corrected chi connectivity index (χ0v) is 16.6. The van der Waals surface area contributed by atoms with Gasteiger partial charge in [-0.15, -0.1) is 0 Å². The van der Waals surface area contributed by atoms with Gasteiger partial charge in [0.2, 0.25) is 0 Å². The van der Waals surface area contributed by atoms with Crippen molar-refractivity contribution in [3.8, 4) is 5.75 Å². The summed E-state index contributed by atoms with van der Waals surface area (Å²) in [7, 11) is 0. The predicted octanol–water partition coefficient (Wildman–Crippen LogP) is 3.37. The first-order valence-electron chi connectivity index (χ1n) is 9.88. The largest absolute Gasteiger partial charge is 0.489 e. The molecule has 0 bridgehead atoms. The van der Waals surface area contributed by atoms with Gasteiger partial charge in [0.05, 0.1) is 23.9 Å². The van der Waals surface area contributed by atoms with E-state index >= 15 is 0 Å². The van der Waals surface area contributed by atoms with Crippen molar-refractivity contribution < 1.29 is 14.3 Å². The topological polar surface area (TPSA) is 70.7 Å². The Bertz CT molecular complexity index is 936. The zero-order chi connectivity index (χ0) is 20.4. The SMILES string of the molecule is CC(C)CN1CC2=C(C1=O)C(c1ccc(OCc3ccccc3)cc1)NC(=O)N2. The summed E-state index contributed by atoms with van der Waals surface area (Å²) in [5, 5.41) is 5.69. The Morgan fingerprint density at radius 3 is 2.48 bits per heavy atom. The first kappa shape index (κ1) is 19.1. The van der Waals surface area contributed by atoms with E-state index in [4.69, 9.17) is 4.74 Å². The number of urea groups is 1. The standard InChI is InChI=1S/C23H25N3O3/c1-15(2)12-26-13-19-20(22(26)27)21(25-23(28)24-19)17-8-10-18(11-9-17)29-14-16-6-4-3-5-7-16/h3-11,15,21H,12-14H2,1-2H3,(H2,24,25,28). The molecule has 6 heteroatoms. The van der Waals surface area contributed by atoms with Gasteiger partial charge in [-0.3, -0.25) is 4.79 Å². The monoisotopic (exact) mass is 391 g/mol. The fourth-order valence-electron chi connectivity index (χ4n) is 3.76. The van der Waals surface area contributed by atoms with Crippen LogP contribution in [0, 0.1) is 5.92 Å². The van der Waals surface area contributed by atoms with Gasteiger partial charge < -0.3 is 20.3 Å². The van der Waals surface area contributed by atoms with Crippen LogP contribution in [-0.4, -0.2) is 29.9 Å². The van der Waals surface area contributed by atoms with Crippen LogP contribution in [0.3, 0.4) is 0 Å². The number of nitrogens with zero attached hydrogens (tertiary/aromatic N) is 1. The molecule has 0 saturated carbocycles. The van der Waals surface area contributed by atoms with Gasteiger partial charge in [-0.05, 0) is 29.2 Å². The van der Waals surface area contributed by atoms with Gasteiger partial charge in [0.15, 0.2) is 0 Å². The summed E-state index contributed by atoms with van der Waals surface area (Å²) in [6, 6.07) is 16.8. The highest BCUT2D eigenvalue weighted by Crippen LogP contribution is 2.33. The smallest absolute Gasteiger partial charge is 0.319 e. The Labute approximate surface area is 170 Å². The molecule has 3 amide bonds. The molecular formula is C23H25N3O3. The Morgan fingerprint density at radius 1 is 1.07 bits per heavy atom. The second kappa shape index (κ2) is 7.99. The lowest BCUT2D eigenvalue weighted by Gasteiger charge is -2.25. The number of rotatable bonds is 6. The molecule has 4 rings (SSSR count). The van der Waals surface area contributed by atoms with Crippen LogP contribution >= 0.6 is 0 Å². The summed E-state index contributed by atoms with van der Waals surface area (Å²) in [6.07, 6.45) is 0. The van der Waals surface area contributed by atoms with Gasteiger partial charge in [0.25, 0.3) is 5.91 Å². The van der Waals surface area contributed by atoms with E-state index in [2.05, 4.69) is 24.5 Å². The Hall–Kier alpha value is -3.28. The van der Waals surface area contributed by atoms with E-state index < -0.39 is 6.04 Å². The van der Waals surface area contributed by atoms with Crippen molar-refractivity contribution in [3.63, 3.8) is 0 Å². The van der Waals surface area contributed by atoms with E-state index in [1.807, 2.05) is 54.6 Å². The first-order valence-corrected chi connectivity index (χ1v) is 9.88. The lowest BCUT2D eigenvalue weighted by Crippen LogP contribution is -2.44. The average Bonchev–Trinajstić information content (AvgIpc) is 3.01. The molecule has 0 spiro atoms. The minimum Gasteiger partial charge on any atom is -0.489 e. The summed E-state index contributed by atoms with van der Waals surface area (Å²) in [5.41, 5.74) is 3.29. The van der Waals surface area contributed by atoms with Crippen LogP contribution < -0.4 is 15.4 Å². The van der Waals surface area contributed by atoms with E-state index in [1.54, 1.807) is 4.90 Å². The van der Waals surface area contributed by atoms with Gasteiger partial charge in [0, 0.05) is 6.54 Å². The molecule has 6 nitrogen and oxygen atoms in total. The van der Waals surface area contributed by atoms with Crippen molar-refractivity contribution in [1.29, 1.82) is 0 Å². The highest BCUT2D eigenvalue weighted by molar-refractivity contribution is 6.01. The van der Waals surface area contributed by atoms with Gasteiger partial charge in [-0.2, -0.15) is 0 Å². The van der Waals surface area contributed by atoms with Crippen molar-refractivity contribution in [2.75, 3.05) is 13.1 Å². The number of hydrogen-bond acceptors (Lipinski definition) is 3. The normalized spacial score (nSPS) is 18.6. The molecule has 0 aliphatic carbocycles. The number of hydrogen-bond donors (Lipinski definition) is 2. The van der Waals surface area contributed by atoms with Gasteiger partial charge in [0.1, 0.15) is 12.4 Å². The Kier molecular flexibility index (Phi) is 5.25. The molecule has 1 atom stereocenters. The molecule has 150 valence electrons. The third-order valence-corrected chi connectivity index (χ3v) is 5.07. The number of carbonyl (C=O) groups is 2. The van der Waals surface area contributed by atoms with E-state index in [1.165, 1.54) is 0 Å². The second-order valence-corrected chi connectivity index (χ2v) is 7.85. The molecule has 0 fully saturated rings. The Balaban J connectivity index is 1.50. The second-order valence-electron chi connectivity index (χ2n) is 7.85. The number of benzene rings is 2. The fraction of sp³-hybridized carbons (Fsp3) is 0.304. The zero-order valence-electron chi connectivity index (χ0n) is 16.6. The quantitative estimate of drug-likeness (QED) is 0.793. The minimum absolute atomic E-state index is 0.0180. The van der Waals surface area contributed by atoms with Crippen LogP contribution in [0.5, 0.6) is 5.75 Å². The van der Waals surface area contributed by atoms with Gasteiger partial charge >= 0.3 is 6.03 Å². The molecule has 29 heavy (non-hydrogen) atoms. The van der Waals surface area contributed by atoms with Crippen molar-refractivity contribution >= 4 is 11.9 Å². The third kappa shape index (κ3) is 4.11. The molecule has 2 aliphatic rings. The average molecular weight is 391 g/mol. The van der Waals surface area contributed by atoms with Gasteiger partial charge in [-0.1, -0.05) is 56.3 Å². The lowest BCUT2D eigenvalue weighted by molar-refractivity contribution is -0.126. The molecule has 0 saturated heterocycles. The summed E-state index contributed by atoms with van der Waals surface area (Å²) >= 11 is 0. The molecule has 1 unspecified atom stereocenters. The van der Waals surface area contributed by atoms with E-state index in [-0.39, 0.29) is 11.9 Å². The fourth-order valence-corrected chi connectivity index (χ4v) is 3.76. The summed E-state index contributed by atoms with van der Waals surface area (Å²) in [6.45, 7) is 5.76. The molecule has 2 heterocycles. The molecular weight excluding hydrogens is 366 g/mol. The lowest BCUT2D eigenvalue weighted by atomic mass is 9.96. The van der Waals surface area contributed by atoms with Crippen molar-refractivity contribution in [2.24, 2.45) is 5.92 Å². The summed E-state index contributed by atoms with van der Waals surface area (Å²) < 4.78 is 5.84. The van der Waals surface area contributed by atoms with Gasteiger partial charge in [-0.25, -0.2) is 4.79 Å². The molecule has 2 N–H and O–H groups in total. The van der Waals surface area contributed by atoms with Crippen LogP contribution in [0.25, 0.3) is 0 Å². The number of amides is 3. The maximum Gasteiger partial charge on any atom is 0.319 e.